The summed E-state index contributed by atoms with van der Waals surface area (Å²) in [5.41, 5.74) is 7.41. The molecule has 0 aliphatic carbocycles. The van der Waals surface area contributed by atoms with E-state index in [2.05, 4.69) is 15.5 Å². The number of H-pyrrole nitrogens is 1. The van der Waals surface area contributed by atoms with E-state index in [9.17, 15) is 4.79 Å². The molecule has 0 atom stereocenters. The van der Waals surface area contributed by atoms with Crippen molar-refractivity contribution in [2.75, 3.05) is 11.1 Å². The number of hydrogen-bond acceptors (Lipinski definition) is 4. The first kappa shape index (κ1) is 9.72. The van der Waals surface area contributed by atoms with E-state index in [1.54, 1.807) is 6.92 Å². The number of aromatic nitrogens is 2. The van der Waals surface area contributed by atoms with Gasteiger partial charge in [-0.15, -0.1) is 0 Å². The van der Waals surface area contributed by atoms with Crippen LogP contribution in [0, 0.1) is 6.92 Å². The van der Waals surface area contributed by atoms with Crippen LogP contribution in [0.1, 0.15) is 16.1 Å². The number of hydrogen-bond donors (Lipinski definition) is 3. The van der Waals surface area contributed by atoms with Crippen molar-refractivity contribution in [3.05, 3.63) is 28.1 Å². The summed E-state index contributed by atoms with van der Waals surface area (Å²) in [6.07, 6.45) is 0. The molecule has 2 rings (SSSR count). The van der Waals surface area contributed by atoms with E-state index in [-0.39, 0.29) is 11.7 Å². The van der Waals surface area contributed by atoms with Crippen molar-refractivity contribution in [1.82, 2.24) is 10.2 Å². The van der Waals surface area contributed by atoms with E-state index in [1.165, 1.54) is 11.3 Å². The highest BCUT2D eigenvalue weighted by Crippen LogP contribution is 2.17. The van der Waals surface area contributed by atoms with Crippen molar-refractivity contribution in [3.63, 3.8) is 0 Å². The number of thiophene rings is 1. The average molecular weight is 222 g/mol. The minimum Gasteiger partial charge on any atom is -0.382 e. The molecule has 0 aliphatic heterocycles. The third-order valence-corrected chi connectivity index (χ3v) is 2.66. The summed E-state index contributed by atoms with van der Waals surface area (Å²) in [7, 11) is 0. The molecule has 0 spiro atoms. The predicted molar refractivity (Wildman–Crippen MR) is 60.0 cm³/mol. The molecule has 0 bridgehead atoms. The molecule has 0 radical (unpaired) electrons. The Labute approximate surface area is 90.3 Å². The smallest absolute Gasteiger partial charge is 0.261 e. The van der Waals surface area contributed by atoms with E-state index in [1.807, 2.05) is 16.8 Å². The van der Waals surface area contributed by atoms with E-state index < -0.39 is 0 Å². The Morgan fingerprint density at radius 2 is 2.47 bits per heavy atom. The third kappa shape index (κ3) is 1.84. The molecule has 0 aliphatic rings. The van der Waals surface area contributed by atoms with Gasteiger partial charge < -0.3 is 11.1 Å². The molecule has 6 heteroatoms. The minimum absolute atomic E-state index is 0.222. The summed E-state index contributed by atoms with van der Waals surface area (Å²) in [6.45, 7) is 1.76. The van der Waals surface area contributed by atoms with Crippen LogP contribution in [0.15, 0.2) is 16.8 Å². The number of aryl methyl sites for hydroxylation is 1. The molecule has 0 saturated heterocycles. The van der Waals surface area contributed by atoms with Crippen molar-refractivity contribution in [3.8, 4) is 0 Å². The molecule has 78 valence electrons. The summed E-state index contributed by atoms with van der Waals surface area (Å²) in [5, 5.41) is 12.9. The maximum Gasteiger partial charge on any atom is 0.261 e. The van der Waals surface area contributed by atoms with Gasteiger partial charge >= 0.3 is 0 Å². The molecule has 2 heterocycles. The van der Waals surface area contributed by atoms with Crippen molar-refractivity contribution in [2.45, 2.75) is 6.92 Å². The number of nitrogen functional groups attached to an aromatic ring is 1. The van der Waals surface area contributed by atoms with Crippen molar-refractivity contribution in [2.24, 2.45) is 0 Å². The molecule has 0 fully saturated rings. The number of nitrogens with one attached hydrogen (secondary N) is 2. The van der Waals surface area contributed by atoms with Crippen LogP contribution in [0.4, 0.5) is 11.5 Å². The normalized spacial score (nSPS) is 10.2. The molecule has 0 saturated carbocycles. The van der Waals surface area contributed by atoms with Gasteiger partial charge in [0.2, 0.25) is 0 Å². The van der Waals surface area contributed by atoms with Gasteiger partial charge in [-0.2, -0.15) is 16.4 Å². The Kier molecular flexibility index (Phi) is 2.42. The first-order valence-electron chi connectivity index (χ1n) is 4.32. The molecule has 1 amide bonds. The fraction of sp³-hybridized carbons (Fsp3) is 0.111. The number of rotatable bonds is 2. The zero-order valence-electron chi connectivity index (χ0n) is 8.07. The van der Waals surface area contributed by atoms with Gasteiger partial charge in [0.05, 0.1) is 5.69 Å². The molecule has 5 nitrogen and oxygen atoms in total. The Morgan fingerprint density at radius 1 is 1.67 bits per heavy atom. The van der Waals surface area contributed by atoms with Gasteiger partial charge in [-0.25, -0.2) is 0 Å². The van der Waals surface area contributed by atoms with Crippen molar-refractivity contribution in [1.29, 1.82) is 0 Å². The maximum atomic E-state index is 11.8. The zero-order valence-corrected chi connectivity index (χ0v) is 8.89. The van der Waals surface area contributed by atoms with Crippen LogP contribution in [-0.2, 0) is 0 Å². The summed E-state index contributed by atoms with van der Waals surface area (Å²) in [4.78, 5) is 11.8. The second kappa shape index (κ2) is 3.74. The zero-order chi connectivity index (χ0) is 10.8. The Hall–Kier alpha value is -1.82. The van der Waals surface area contributed by atoms with Crippen LogP contribution in [0.25, 0.3) is 0 Å². The lowest BCUT2D eigenvalue weighted by Gasteiger charge is -2.01. The van der Waals surface area contributed by atoms with E-state index in [0.717, 1.165) is 5.69 Å². The van der Waals surface area contributed by atoms with E-state index >= 15 is 0 Å². The quantitative estimate of drug-likeness (QED) is 0.721. The first-order chi connectivity index (χ1) is 7.18. The van der Waals surface area contributed by atoms with Crippen molar-refractivity contribution >= 4 is 28.7 Å². The highest BCUT2D eigenvalue weighted by atomic mass is 32.1. The molecule has 2 aromatic rings. The SMILES string of the molecule is Cc1[nH]nc(N)c1C(=O)Nc1ccsc1. The molecular formula is C9H10N4OS. The number of nitrogens with two attached hydrogens (primary N) is 1. The molecule has 0 aromatic carbocycles. The molecule has 2 aromatic heterocycles. The second-order valence-electron chi connectivity index (χ2n) is 3.07. The van der Waals surface area contributed by atoms with Gasteiger partial charge in [-0.3, -0.25) is 9.89 Å². The van der Waals surface area contributed by atoms with Gasteiger partial charge in [-0.05, 0) is 18.4 Å². The number of carbonyl (C=O) groups excluding carboxylic acids is 1. The Morgan fingerprint density at radius 3 is 3.00 bits per heavy atom. The van der Waals surface area contributed by atoms with Crippen molar-refractivity contribution < 1.29 is 4.79 Å². The summed E-state index contributed by atoms with van der Waals surface area (Å²) in [6, 6.07) is 1.83. The van der Waals surface area contributed by atoms with Gasteiger partial charge in [0.15, 0.2) is 5.82 Å². The van der Waals surface area contributed by atoms with Crippen LogP contribution in [0.5, 0.6) is 0 Å². The standard InChI is InChI=1S/C9H10N4OS/c1-5-7(8(10)13-12-5)9(14)11-6-2-3-15-4-6/h2-4H,1H3,(H,11,14)(H3,10,12,13). The summed E-state index contributed by atoms with van der Waals surface area (Å²) < 4.78 is 0. The molecular weight excluding hydrogens is 212 g/mol. The molecule has 0 unspecified atom stereocenters. The van der Waals surface area contributed by atoms with Gasteiger partial charge in [0.25, 0.3) is 5.91 Å². The third-order valence-electron chi connectivity index (χ3n) is 1.98. The average Bonchev–Trinajstić information content (AvgIpc) is 2.77. The van der Waals surface area contributed by atoms with Crippen LogP contribution in [0.2, 0.25) is 0 Å². The van der Waals surface area contributed by atoms with Gasteiger partial charge in [0.1, 0.15) is 5.56 Å². The second-order valence-corrected chi connectivity index (χ2v) is 3.86. The fourth-order valence-corrected chi connectivity index (χ4v) is 1.85. The lowest BCUT2D eigenvalue weighted by molar-refractivity contribution is 0.102. The van der Waals surface area contributed by atoms with E-state index in [0.29, 0.717) is 11.3 Å². The molecule has 4 N–H and O–H groups in total. The summed E-state index contributed by atoms with van der Waals surface area (Å²) in [5.74, 6) is -0.0163. The predicted octanol–water partition coefficient (Wildman–Crippen LogP) is 1.61. The lowest BCUT2D eigenvalue weighted by atomic mass is 10.2. The first-order valence-corrected chi connectivity index (χ1v) is 5.26. The Balaban J connectivity index is 2.22. The lowest BCUT2D eigenvalue weighted by Crippen LogP contribution is -2.13. The summed E-state index contributed by atoms with van der Waals surface area (Å²) >= 11 is 1.52. The maximum absolute atomic E-state index is 11.8. The number of anilines is 2. The van der Waals surface area contributed by atoms with Crippen LogP contribution in [-0.4, -0.2) is 16.1 Å². The van der Waals surface area contributed by atoms with Crippen LogP contribution in [0.3, 0.4) is 0 Å². The van der Waals surface area contributed by atoms with Gasteiger partial charge in [0, 0.05) is 11.1 Å². The fourth-order valence-electron chi connectivity index (χ4n) is 1.26. The Bertz CT molecular complexity index is 455. The van der Waals surface area contributed by atoms with Gasteiger partial charge in [-0.1, -0.05) is 0 Å². The van der Waals surface area contributed by atoms with Crippen LogP contribution >= 0.6 is 11.3 Å². The topological polar surface area (TPSA) is 83.8 Å². The highest BCUT2D eigenvalue weighted by Gasteiger charge is 2.15. The number of aromatic amines is 1. The van der Waals surface area contributed by atoms with E-state index in [4.69, 9.17) is 5.73 Å². The number of nitrogens with zero attached hydrogens (tertiary/aromatic N) is 1. The number of amides is 1. The minimum atomic E-state index is -0.239. The van der Waals surface area contributed by atoms with Crippen LogP contribution < -0.4 is 11.1 Å². The largest absolute Gasteiger partial charge is 0.382 e. The highest BCUT2D eigenvalue weighted by molar-refractivity contribution is 7.08. The number of carbonyl (C=O) groups is 1. The monoisotopic (exact) mass is 222 g/mol. The molecule has 15 heavy (non-hydrogen) atoms.